The number of H-pyrrole nitrogens is 1. The maximum absolute atomic E-state index is 11.3. The number of aromatic amines is 1. The zero-order chi connectivity index (χ0) is 11.8. The summed E-state index contributed by atoms with van der Waals surface area (Å²) in [5, 5.41) is 6.53. The van der Waals surface area contributed by atoms with Crippen molar-refractivity contribution in [2.24, 2.45) is 0 Å². The molecule has 1 aromatic heterocycles. The molecule has 1 N–H and O–H groups in total. The molecule has 6 nitrogen and oxygen atoms in total. The largest absolute Gasteiger partial charge is 0.461 e. The van der Waals surface area contributed by atoms with Gasteiger partial charge in [0, 0.05) is 7.11 Å². The first-order valence-corrected chi connectivity index (χ1v) is 5.06. The second-order valence-electron chi connectivity index (χ2n) is 3.04. The van der Waals surface area contributed by atoms with Gasteiger partial charge in [-0.3, -0.25) is 5.10 Å². The standard InChI is InChI=1S/C10H16N2O4/c1-3-16-10(13)9-6-8(11-12-9)7-15-5-4-14-2/h6H,3-5,7H2,1-2H3,(H,11,12). The Kier molecular flexibility index (Phi) is 5.52. The predicted octanol–water partition coefficient (Wildman–Crippen LogP) is 0.749. The van der Waals surface area contributed by atoms with Crippen molar-refractivity contribution in [3.63, 3.8) is 0 Å². The molecular formula is C10H16N2O4. The fourth-order valence-electron chi connectivity index (χ4n) is 1.07. The Hall–Kier alpha value is -1.40. The maximum Gasteiger partial charge on any atom is 0.358 e. The maximum atomic E-state index is 11.3. The molecule has 0 atom stereocenters. The summed E-state index contributed by atoms with van der Waals surface area (Å²) in [5.41, 5.74) is 1.01. The molecule has 16 heavy (non-hydrogen) atoms. The van der Waals surface area contributed by atoms with Crippen LogP contribution in [0.15, 0.2) is 6.07 Å². The Morgan fingerprint density at radius 2 is 2.31 bits per heavy atom. The van der Waals surface area contributed by atoms with Gasteiger partial charge in [-0.05, 0) is 13.0 Å². The van der Waals surface area contributed by atoms with Crippen LogP contribution >= 0.6 is 0 Å². The quantitative estimate of drug-likeness (QED) is 0.550. The molecule has 0 aliphatic carbocycles. The lowest BCUT2D eigenvalue weighted by Gasteiger charge is -2.00. The van der Waals surface area contributed by atoms with Gasteiger partial charge in [-0.25, -0.2) is 4.79 Å². The fraction of sp³-hybridized carbons (Fsp3) is 0.600. The second-order valence-corrected chi connectivity index (χ2v) is 3.04. The van der Waals surface area contributed by atoms with E-state index in [0.717, 1.165) is 5.69 Å². The summed E-state index contributed by atoms with van der Waals surface area (Å²) in [6, 6.07) is 1.62. The number of nitrogens with one attached hydrogen (secondary N) is 1. The SMILES string of the molecule is CCOC(=O)c1cc(COCCOC)[nH]n1. The van der Waals surface area contributed by atoms with E-state index in [4.69, 9.17) is 14.2 Å². The van der Waals surface area contributed by atoms with E-state index >= 15 is 0 Å². The molecule has 0 fully saturated rings. The van der Waals surface area contributed by atoms with Crippen LogP contribution in [0.5, 0.6) is 0 Å². The number of aromatic nitrogens is 2. The Morgan fingerprint density at radius 3 is 3.00 bits per heavy atom. The molecule has 0 saturated heterocycles. The third kappa shape index (κ3) is 4.00. The zero-order valence-electron chi connectivity index (χ0n) is 9.49. The molecule has 0 spiro atoms. The summed E-state index contributed by atoms with van der Waals surface area (Å²) in [5.74, 6) is -0.429. The minimum atomic E-state index is -0.429. The number of esters is 1. The lowest BCUT2D eigenvalue weighted by molar-refractivity contribution is 0.0519. The number of carbonyl (C=O) groups is 1. The molecule has 0 aromatic carbocycles. The molecule has 1 rings (SSSR count). The van der Waals surface area contributed by atoms with Crippen LogP contribution in [-0.4, -0.2) is 43.1 Å². The van der Waals surface area contributed by atoms with E-state index in [2.05, 4.69) is 10.2 Å². The van der Waals surface area contributed by atoms with Crippen LogP contribution in [0, 0.1) is 0 Å². The number of methoxy groups -OCH3 is 1. The molecule has 6 heteroatoms. The minimum absolute atomic E-state index is 0.271. The van der Waals surface area contributed by atoms with Crippen molar-refractivity contribution in [2.45, 2.75) is 13.5 Å². The molecule has 90 valence electrons. The highest BCUT2D eigenvalue weighted by Crippen LogP contribution is 2.03. The zero-order valence-corrected chi connectivity index (χ0v) is 9.49. The molecule has 0 radical (unpaired) electrons. The number of hydrogen-bond donors (Lipinski definition) is 1. The summed E-state index contributed by atoms with van der Waals surface area (Å²) in [7, 11) is 1.61. The van der Waals surface area contributed by atoms with Crippen molar-refractivity contribution >= 4 is 5.97 Å². The average Bonchev–Trinajstić information content (AvgIpc) is 2.73. The Balaban J connectivity index is 2.36. The highest BCUT2D eigenvalue weighted by molar-refractivity contribution is 5.87. The van der Waals surface area contributed by atoms with Crippen molar-refractivity contribution in [3.05, 3.63) is 17.5 Å². The van der Waals surface area contributed by atoms with Crippen LogP contribution in [0.2, 0.25) is 0 Å². The number of nitrogens with zero attached hydrogens (tertiary/aromatic N) is 1. The number of hydrogen-bond acceptors (Lipinski definition) is 5. The smallest absolute Gasteiger partial charge is 0.358 e. The van der Waals surface area contributed by atoms with E-state index < -0.39 is 5.97 Å². The van der Waals surface area contributed by atoms with E-state index in [0.29, 0.717) is 26.4 Å². The summed E-state index contributed by atoms with van der Waals surface area (Å²) < 4.78 is 14.9. The topological polar surface area (TPSA) is 73.4 Å². The van der Waals surface area contributed by atoms with Gasteiger partial charge in [-0.1, -0.05) is 0 Å². The first kappa shape index (κ1) is 12.7. The van der Waals surface area contributed by atoms with Gasteiger partial charge in [0.1, 0.15) is 0 Å². The molecule has 0 amide bonds. The third-order valence-electron chi connectivity index (χ3n) is 1.80. The molecule has 0 saturated carbocycles. The van der Waals surface area contributed by atoms with Crippen molar-refractivity contribution in [1.29, 1.82) is 0 Å². The third-order valence-corrected chi connectivity index (χ3v) is 1.80. The first-order valence-electron chi connectivity index (χ1n) is 5.06. The normalized spacial score (nSPS) is 10.4. The van der Waals surface area contributed by atoms with E-state index in [1.807, 2.05) is 0 Å². The molecule has 0 aliphatic heterocycles. The van der Waals surface area contributed by atoms with Crippen molar-refractivity contribution in [2.75, 3.05) is 26.9 Å². The lowest BCUT2D eigenvalue weighted by Crippen LogP contribution is -2.04. The minimum Gasteiger partial charge on any atom is -0.461 e. The number of rotatable bonds is 7. The molecule has 0 aliphatic rings. The fourth-order valence-corrected chi connectivity index (χ4v) is 1.07. The summed E-state index contributed by atoms with van der Waals surface area (Å²) in [6.45, 7) is 3.50. The summed E-state index contributed by atoms with van der Waals surface area (Å²) >= 11 is 0. The van der Waals surface area contributed by atoms with Gasteiger partial charge in [0.15, 0.2) is 5.69 Å². The number of carbonyl (C=O) groups excluding carboxylic acids is 1. The molecule has 1 heterocycles. The van der Waals surface area contributed by atoms with Crippen LogP contribution in [-0.2, 0) is 20.8 Å². The molecule has 0 bridgehead atoms. The second kappa shape index (κ2) is 6.97. The van der Waals surface area contributed by atoms with E-state index in [1.54, 1.807) is 20.1 Å². The van der Waals surface area contributed by atoms with Crippen LogP contribution in [0.3, 0.4) is 0 Å². The van der Waals surface area contributed by atoms with Crippen LogP contribution < -0.4 is 0 Å². The van der Waals surface area contributed by atoms with E-state index in [9.17, 15) is 4.79 Å². The van der Waals surface area contributed by atoms with Crippen molar-refractivity contribution in [1.82, 2.24) is 10.2 Å². The highest BCUT2D eigenvalue weighted by atomic mass is 16.5. The number of ether oxygens (including phenoxy) is 3. The van der Waals surface area contributed by atoms with Gasteiger partial charge >= 0.3 is 5.97 Å². The van der Waals surface area contributed by atoms with Gasteiger partial charge in [-0.2, -0.15) is 5.10 Å². The van der Waals surface area contributed by atoms with Gasteiger partial charge < -0.3 is 14.2 Å². The van der Waals surface area contributed by atoms with Crippen molar-refractivity contribution in [3.8, 4) is 0 Å². The van der Waals surface area contributed by atoms with Crippen LogP contribution in [0.1, 0.15) is 23.1 Å². The monoisotopic (exact) mass is 228 g/mol. The van der Waals surface area contributed by atoms with Crippen LogP contribution in [0.25, 0.3) is 0 Å². The molecule has 0 unspecified atom stereocenters. The van der Waals surface area contributed by atoms with Gasteiger partial charge in [0.05, 0.1) is 32.1 Å². The summed E-state index contributed by atoms with van der Waals surface area (Å²) in [4.78, 5) is 11.3. The molecule has 1 aromatic rings. The average molecular weight is 228 g/mol. The van der Waals surface area contributed by atoms with Gasteiger partial charge in [0.2, 0.25) is 0 Å². The first-order chi connectivity index (χ1) is 7.77. The Morgan fingerprint density at radius 1 is 1.50 bits per heavy atom. The Bertz CT molecular complexity index is 324. The van der Waals surface area contributed by atoms with Gasteiger partial charge in [0.25, 0.3) is 0 Å². The predicted molar refractivity (Wildman–Crippen MR) is 56.1 cm³/mol. The van der Waals surface area contributed by atoms with Crippen molar-refractivity contribution < 1.29 is 19.0 Å². The van der Waals surface area contributed by atoms with E-state index in [1.165, 1.54) is 0 Å². The lowest BCUT2D eigenvalue weighted by atomic mass is 10.3. The van der Waals surface area contributed by atoms with E-state index in [-0.39, 0.29) is 5.69 Å². The van der Waals surface area contributed by atoms with Gasteiger partial charge in [-0.15, -0.1) is 0 Å². The molecular weight excluding hydrogens is 212 g/mol. The Labute approximate surface area is 93.9 Å². The highest BCUT2D eigenvalue weighted by Gasteiger charge is 2.10. The van der Waals surface area contributed by atoms with Crippen LogP contribution in [0.4, 0.5) is 0 Å². The summed E-state index contributed by atoms with van der Waals surface area (Å²) in [6.07, 6.45) is 0.